The summed E-state index contributed by atoms with van der Waals surface area (Å²) in [5.74, 6) is 0.395. The number of ether oxygens (including phenoxy) is 2. The van der Waals surface area contributed by atoms with Crippen molar-refractivity contribution >= 4 is 28.3 Å². The first-order chi connectivity index (χ1) is 13.2. The Bertz CT molecular complexity index is 1070. The van der Waals surface area contributed by atoms with E-state index in [2.05, 4.69) is 4.98 Å². The Kier molecular flexibility index (Phi) is 4.89. The Labute approximate surface area is 160 Å². The van der Waals surface area contributed by atoms with Crippen LogP contribution in [0.15, 0.2) is 64.6 Å². The molecule has 4 aromatic rings. The molecule has 0 bridgehead atoms. The van der Waals surface area contributed by atoms with E-state index in [1.54, 1.807) is 19.4 Å². The molecule has 0 aliphatic carbocycles. The van der Waals surface area contributed by atoms with Crippen molar-refractivity contribution in [2.45, 2.75) is 13.0 Å². The zero-order valence-corrected chi connectivity index (χ0v) is 15.5. The third kappa shape index (κ3) is 3.85. The van der Waals surface area contributed by atoms with Gasteiger partial charge in [-0.05, 0) is 12.1 Å². The van der Waals surface area contributed by atoms with E-state index in [0.717, 1.165) is 27.2 Å². The monoisotopic (exact) mass is 379 g/mol. The molecule has 0 amide bonds. The molecule has 0 aliphatic heterocycles. The molecule has 0 radical (unpaired) electrons. The fraction of sp³-hybridized carbons (Fsp3) is 0.143. The van der Waals surface area contributed by atoms with E-state index in [1.807, 2.05) is 47.8 Å². The molecule has 0 N–H and O–H groups in total. The number of fused-ring (bicyclic) bond motifs is 1. The SMILES string of the molecule is COc1ccc2c(CC(=O)OCc3csc(-c4ccccc4)n3)coc2c1. The van der Waals surface area contributed by atoms with Crippen molar-refractivity contribution in [3.05, 3.63) is 71.4 Å². The largest absolute Gasteiger partial charge is 0.497 e. The number of aromatic nitrogens is 1. The number of methoxy groups -OCH3 is 1. The molecular formula is C21H17NO4S. The van der Waals surface area contributed by atoms with Crippen LogP contribution in [0.4, 0.5) is 0 Å². The van der Waals surface area contributed by atoms with Gasteiger partial charge in [-0.3, -0.25) is 4.79 Å². The van der Waals surface area contributed by atoms with Crippen molar-refractivity contribution in [2.75, 3.05) is 7.11 Å². The average molecular weight is 379 g/mol. The third-order valence-electron chi connectivity index (χ3n) is 4.15. The van der Waals surface area contributed by atoms with Crippen LogP contribution in [-0.4, -0.2) is 18.1 Å². The van der Waals surface area contributed by atoms with Gasteiger partial charge in [-0.15, -0.1) is 11.3 Å². The molecule has 6 heteroatoms. The smallest absolute Gasteiger partial charge is 0.310 e. The molecule has 5 nitrogen and oxygen atoms in total. The summed E-state index contributed by atoms with van der Waals surface area (Å²) < 4.78 is 16.1. The third-order valence-corrected chi connectivity index (χ3v) is 5.09. The lowest BCUT2D eigenvalue weighted by Gasteiger charge is -2.02. The molecule has 0 atom stereocenters. The van der Waals surface area contributed by atoms with Crippen LogP contribution < -0.4 is 4.74 Å². The summed E-state index contributed by atoms with van der Waals surface area (Å²) in [5, 5.41) is 3.71. The van der Waals surface area contributed by atoms with Gasteiger partial charge in [0.05, 0.1) is 25.5 Å². The van der Waals surface area contributed by atoms with Gasteiger partial charge in [0.25, 0.3) is 0 Å². The fourth-order valence-corrected chi connectivity index (χ4v) is 3.59. The minimum atomic E-state index is -0.317. The van der Waals surface area contributed by atoms with E-state index in [0.29, 0.717) is 11.3 Å². The van der Waals surface area contributed by atoms with Gasteiger partial charge in [-0.2, -0.15) is 0 Å². The molecule has 2 aromatic carbocycles. The summed E-state index contributed by atoms with van der Waals surface area (Å²) in [4.78, 5) is 16.7. The van der Waals surface area contributed by atoms with Gasteiger partial charge in [0.1, 0.15) is 22.9 Å². The van der Waals surface area contributed by atoms with Crippen LogP contribution in [0.3, 0.4) is 0 Å². The Morgan fingerprint density at radius 2 is 2.04 bits per heavy atom. The van der Waals surface area contributed by atoms with Crippen LogP contribution >= 0.6 is 11.3 Å². The van der Waals surface area contributed by atoms with Crippen LogP contribution in [0, 0.1) is 0 Å². The summed E-state index contributed by atoms with van der Waals surface area (Å²) in [5.41, 5.74) is 3.28. The number of nitrogens with zero attached hydrogens (tertiary/aromatic N) is 1. The molecule has 0 spiro atoms. The highest BCUT2D eigenvalue weighted by Gasteiger charge is 2.13. The number of esters is 1. The molecule has 0 saturated heterocycles. The topological polar surface area (TPSA) is 61.6 Å². The highest BCUT2D eigenvalue weighted by molar-refractivity contribution is 7.13. The van der Waals surface area contributed by atoms with Gasteiger partial charge < -0.3 is 13.9 Å². The number of rotatable bonds is 6. The maximum atomic E-state index is 12.2. The van der Waals surface area contributed by atoms with E-state index in [4.69, 9.17) is 13.9 Å². The maximum absolute atomic E-state index is 12.2. The molecule has 0 saturated carbocycles. The van der Waals surface area contributed by atoms with Crippen molar-refractivity contribution in [3.63, 3.8) is 0 Å². The first-order valence-corrected chi connectivity index (χ1v) is 9.30. The second-order valence-electron chi connectivity index (χ2n) is 5.97. The van der Waals surface area contributed by atoms with Crippen LogP contribution in [-0.2, 0) is 22.6 Å². The molecular weight excluding hydrogens is 362 g/mol. The van der Waals surface area contributed by atoms with Crippen molar-refractivity contribution in [3.8, 4) is 16.3 Å². The molecule has 0 unspecified atom stereocenters. The number of thiazole rings is 1. The molecule has 2 aromatic heterocycles. The van der Waals surface area contributed by atoms with Crippen LogP contribution in [0.2, 0.25) is 0 Å². The second kappa shape index (κ2) is 7.63. The van der Waals surface area contributed by atoms with Gasteiger partial charge in [0.2, 0.25) is 0 Å². The highest BCUT2D eigenvalue weighted by Crippen LogP contribution is 2.26. The summed E-state index contributed by atoms with van der Waals surface area (Å²) in [7, 11) is 1.60. The van der Waals surface area contributed by atoms with Crippen molar-refractivity contribution in [2.24, 2.45) is 0 Å². The molecule has 2 heterocycles. The quantitative estimate of drug-likeness (QED) is 0.448. The van der Waals surface area contributed by atoms with Crippen LogP contribution in [0.5, 0.6) is 5.75 Å². The van der Waals surface area contributed by atoms with E-state index < -0.39 is 0 Å². The minimum Gasteiger partial charge on any atom is -0.497 e. The van der Waals surface area contributed by atoms with E-state index in [1.165, 1.54) is 11.3 Å². The van der Waals surface area contributed by atoms with Crippen molar-refractivity contribution in [1.82, 2.24) is 4.98 Å². The lowest BCUT2D eigenvalue weighted by molar-refractivity contribution is -0.144. The maximum Gasteiger partial charge on any atom is 0.310 e. The first kappa shape index (κ1) is 17.3. The summed E-state index contributed by atoms with van der Waals surface area (Å²) in [6.45, 7) is 0.159. The van der Waals surface area contributed by atoms with E-state index in [9.17, 15) is 4.79 Å². The van der Waals surface area contributed by atoms with Gasteiger partial charge in [0, 0.05) is 28.0 Å². The summed E-state index contributed by atoms with van der Waals surface area (Å²) >= 11 is 1.54. The Hall–Kier alpha value is -3.12. The van der Waals surface area contributed by atoms with Crippen LogP contribution in [0.25, 0.3) is 21.5 Å². The number of carbonyl (C=O) groups is 1. The van der Waals surface area contributed by atoms with Crippen molar-refractivity contribution < 1.29 is 18.7 Å². The number of furan rings is 1. The minimum absolute atomic E-state index is 0.148. The Morgan fingerprint density at radius 1 is 1.19 bits per heavy atom. The Morgan fingerprint density at radius 3 is 2.85 bits per heavy atom. The number of carbonyl (C=O) groups excluding carboxylic acids is 1. The Balaban J connectivity index is 1.38. The summed E-state index contributed by atoms with van der Waals surface area (Å²) in [6, 6.07) is 15.4. The normalized spacial score (nSPS) is 10.9. The lowest BCUT2D eigenvalue weighted by Crippen LogP contribution is -2.07. The standard InChI is InChI=1S/C21H17NO4S/c1-24-17-7-8-18-15(11-25-19(18)10-17)9-20(23)26-12-16-13-27-21(22-16)14-5-3-2-4-6-14/h2-8,10-11,13H,9,12H2,1H3. The number of hydrogen-bond acceptors (Lipinski definition) is 6. The number of benzene rings is 2. The van der Waals surface area contributed by atoms with Crippen molar-refractivity contribution in [1.29, 1.82) is 0 Å². The fourth-order valence-electron chi connectivity index (χ4n) is 2.77. The zero-order valence-electron chi connectivity index (χ0n) is 14.7. The predicted octanol–water partition coefficient (Wildman–Crippen LogP) is 4.85. The second-order valence-corrected chi connectivity index (χ2v) is 6.83. The average Bonchev–Trinajstić information content (AvgIpc) is 3.34. The van der Waals surface area contributed by atoms with Gasteiger partial charge >= 0.3 is 5.97 Å². The number of hydrogen-bond donors (Lipinski definition) is 0. The lowest BCUT2D eigenvalue weighted by atomic mass is 10.1. The zero-order chi connectivity index (χ0) is 18.6. The van der Waals surface area contributed by atoms with Crippen LogP contribution in [0.1, 0.15) is 11.3 Å². The molecule has 136 valence electrons. The highest BCUT2D eigenvalue weighted by atomic mass is 32.1. The molecule has 4 rings (SSSR count). The van der Waals surface area contributed by atoms with Gasteiger partial charge in [-0.1, -0.05) is 30.3 Å². The van der Waals surface area contributed by atoms with Gasteiger partial charge in [0.15, 0.2) is 0 Å². The predicted molar refractivity (Wildman–Crippen MR) is 104 cm³/mol. The molecule has 27 heavy (non-hydrogen) atoms. The molecule has 0 fully saturated rings. The molecule has 0 aliphatic rings. The van der Waals surface area contributed by atoms with E-state index >= 15 is 0 Å². The first-order valence-electron chi connectivity index (χ1n) is 8.42. The van der Waals surface area contributed by atoms with Gasteiger partial charge in [-0.25, -0.2) is 4.98 Å². The van der Waals surface area contributed by atoms with E-state index in [-0.39, 0.29) is 19.0 Å². The summed E-state index contributed by atoms with van der Waals surface area (Å²) in [6.07, 6.45) is 1.73.